The first-order valence-electron chi connectivity index (χ1n) is 18.5. The molecule has 0 fully saturated rings. The van der Waals surface area contributed by atoms with Gasteiger partial charge < -0.3 is 4.42 Å². The lowest BCUT2D eigenvalue weighted by Crippen LogP contribution is -2.29. The molecule has 1 heterocycles. The molecule has 11 rings (SSSR count). The van der Waals surface area contributed by atoms with Gasteiger partial charge in [-0.05, 0) is 101 Å². The minimum Gasteiger partial charge on any atom is -0.455 e. The van der Waals surface area contributed by atoms with Crippen LogP contribution >= 0.6 is 0 Å². The SMILES string of the molecule is CC1(C)c2ccccc2-c2c(-c3c4ccccc4c(-c4cccc5c4oc4ccccc45)c4ccc(C5=c6ccccc6=CCC5)cc34)cccc21. The van der Waals surface area contributed by atoms with Gasteiger partial charge in [0.2, 0.25) is 0 Å². The third-order valence-electron chi connectivity index (χ3n) is 12.0. The molecule has 1 heteroatoms. The summed E-state index contributed by atoms with van der Waals surface area (Å²) in [5, 5.41) is 9.98. The van der Waals surface area contributed by atoms with E-state index in [1.807, 2.05) is 0 Å². The Morgan fingerprint density at radius 1 is 0.481 bits per heavy atom. The summed E-state index contributed by atoms with van der Waals surface area (Å²) >= 11 is 0. The predicted octanol–water partition coefficient (Wildman–Crippen LogP) is 12.3. The van der Waals surface area contributed by atoms with Crippen molar-refractivity contribution in [2.45, 2.75) is 32.1 Å². The maximum absolute atomic E-state index is 6.72. The predicted molar refractivity (Wildman–Crippen MR) is 219 cm³/mol. The lowest BCUT2D eigenvalue weighted by atomic mass is 9.80. The first kappa shape index (κ1) is 29.5. The zero-order chi connectivity index (χ0) is 34.6. The maximum Gasteiger partial charge on any atom is 0.143 e. The quantitative estimate of drug-likeness (QED) is 0.171. The fourth-order valence-electron chi connectivity index (χ4n) is 9.61. The number of hydrogen-bond acceptors (Lipinski definition) is 1. The van der Waals surface area contributed by atoms with Crippen LogP contribution in [0.25, 0.3) is 88.5 Å². The smallest absolute Gasteiger partial charge is 0.143 e. The second-order valence-electron chi connectivity index (χ2n) is 15.0. The Bertz CT molecular complexity index is 3100. The van der Waals surface area contributed by atoms with Gasteiger partial charge in [-0.3, -0.25) is 0 Å². The standard InChI is InChI=1S/C51H36O/c1-51(2)44-25-9-7-20-40(44)49-41(23-13-26-45(49)51)48-37-19-6-5-18-36(37)47(42-24-12-22-39-35-17-8-10-27-46(35)52-50(39)42)38-29-28-32(30-43(38)48)34-21-11-15-31-14-3-4-16-33(31)34/h3-10,12-20,22-30H,11,21H2,1-2H3. The van der Waals surface area contributed by atoms with Gasteiger partial charge in [-0.2, -0.15) is 0 Å². The van der Waals surface area contributed by atoms with Crippen molar-refractivity contribution >= 4 is 55.1 Å². The zero-order valence-corrected chi connectivity index (χ0v) is 29.3. The molecule has 2 aliphatic rings. The fraction of sp³-hybridized carbons (Fsp3) is 0.0980. The Kier molecular flexibility index (Phi) is 6.20. The van der Waals surface area contributed by atoms with E-state index in [4.69, 9.17) is 4.42 Å². The third kappa shape index (κ3) is 4.05. The maximum atomic E-state index is 6.72. The molecule has 246 valence electrons. The van der Waals surface area contributed by atoms with Gasteiger partial charge in [0.25, 0.3) is 0 Å². The molecule has 1 aromatic heterocycles. The van der Waals surface area contributed by atoms with E-state index < -0.39 is 0 Å². The highest BCUT2D eigenvalue weighted by Crippen LogP contribution is 2.55. The van der Waals surface area contributed by atoms with Crippen LogP contribution in [0, 0.1) is 0 Å². The second-order valence-corrected chi connectivity index (χ2v) is 15.0. The van der Waals surface area contributed by atoms with Crippen molar-refractivity contribution in [1.82, 2.24) is 0 Å². The summed E-state index contributed by atoms with van der Waals surface area (Å²) in [6.45, 7) is 4.75. The Morgan fingerprint density at radius 2 is 1.12 bits per heavy atom. The van der Waals surface area contributed by atoms with E-state index in [0.29, 0.717) is 0 Å². The van der Waals surface area contributed by atoms with E-state index >= 15 is 0 Å². The van der Waals surface area contributed by atoms with Gasteiger partial charge in [-0.15, -0.1) is 0 Å². The topological polar surface area (TPSA) is 13.1 Å². The molecule has 1 nitrogen and oxygen atoms in total. The Balaban J connectivity index is 1.32. The minimum absolute atomic E-state index is 0.0895. The number of fused-ring (bicyclic) bond motifs is 9. The summed E-state index contributed by atoms with van der Waals surface area (Å²) in [4.78, 5) is 0. The van der Waals surface area contributed by atoms with Crippen molar-refractivity contribution in [3.05, 3.63) is 179 Å². The molecule has 0 bridgehead atoms. The van der Waals surface area contributed by atoms with Gasteiger partial charge in [-0.25, -0.2) is 0 Å². The van der Waals surface area contributed by atoms with Crippen LogP contribution in [0.2, 0.25) is 0 Å². The Hall–Kier alpha value is -6.18. The van der Waals surface area contributed by atoms with Crippen LogP contribution in [0.1, 0.15) is 43.4 Å². The molecule has 0 saturated carbocycles. The van der Waals surface area contributed by atoms with Gasteiger partial charge >= 0.3 is 0 Å². The largest absolute Gasteiger partial charge is 0.455 e. The van der Waals surface area contributed by atoms with Crippen molar-refractivity contribution in [1.29, 1.82) is 0 Å². The van der Waals surface area contributed by atoms with E-state index in [1.54, 1.807) is 0 Å². The van der Waals surface area contributed by atoms with Gasteiger partial charge in [0, 0.05) is 27.3 Å². The molecule has 0 unspecified atom stereocenters. The van der Waals surface area contributed by atoms with Crippen molar-refractivity contribution in [3.8, 4) is 33.4 Å². The number of para-hydroxylation sites is 2. The van der Waals surface area contributed by atoms with Crippen LogP contribution in [0.3, 0.4) is 0 Å². The fourth-order valence-corrected chi connectivity index (χ4v) is 9.61. The second kappa shape index (κ2) is 10.9. The van der Waals surface area contributed by atoms with Crippen LogP contribution in [0.4, 0.5) is 0 Å². The molecule has 52 heavy (non-hydrogen) atoms. The van der Waals surface area contributed by atoms with Crippen LogP contribution in [-0.2, 0) is 5.41 Å². The van der Waals surface area contributed by atoms with Gasteiger partial charge in [0.1, 0.15) is 11.2 Å². The first-order chi connectivity index (χ1) is 25.6. The van der Waals surface area contributed by atoms with E-state index in [2.05, 4.69) is 172 Å². The Morgan fingerprint density at radius 3 is 2.00 bits per heavy atom. The highest BCUT2D eigenvalue weighted by molar-refractivity contribution is 6.25. The highest BCUT2D eigenvalue weighted by Gasteiger charge is 2.37. The minimum atomic E-state index is -0.0895. The summed E-state index contributed by atoms with van der Waals surface area (Å²) in [6, 6.07) is 56.2. The summed E-state index contributed by atoms with van der Waals surface area (Å²) in [5.74, 6) is 0. The molecular weight excluding hydrogens is 629 g/mol. The summed E-state index contributed by atoms with van der Waals surface area (Å²) in [7, 11) is 0. The average Bonchev–Trinajstić information content (AvgIpc) is 3.69. The molecule has 0 amide bonds. The van der Waals surface area contributed by atoms with E-state index in [-0.39, 0.29) is 5.41 Å². The number of hydrogen-bond donors (Lipinski definition) is 0. The first-order valence-corrected chi connectivity index (χ1v) is 18.5. The van der Waals surface area contributed by atoms with Crippen LogP contribution in [0.15, 0.2) is 156 Å². The van der Waals surface area contributed by atoms with Crippen molar-refractivity contribution in [2.75, 3.05) is 0 Å². The van der Waals surface area contributed by atoms with Gasteiger partial charge in [0.15, 0.2) is 0 Å². The van der Waals surface area contributed by atoms with E-state index in [1.165, 1.54) is 82.1 Å². The molecule has 0 N–H and O–H groups in total. The van der Waals surface area contributed by atoms with Crippen LogP contribution in [0.5, 0.6) is 0 Å². The van der Waals surface area contributed by atoms with Crippen molar-refractivity contribution in [3.63, 3.8) is 0 Å². The Labute approximate surface area is 302 Å². The zero-order valence-electron chi connectivity index (χ0n) is 29.3. The summed E-state index contributed by atoms with van der Waals surface area (Å²) in [5.41, 5.74) is 14.9. The molecule has 8 aromatic carbocycles. The number of benzene rings is 8. The molecule has 0 spiro atoms. The van der Waals surface area contributed by atoms with Crippen molar-refractivity contribution < 1.29 is 4.42 Å². The lowest BCUT2D eigenvalue weighted by molar-refractivity contribution is 0.660. The van der Waals surface area contributed by atoms with E-state index in [9.17, 15) is 0 Å². The van der Waals surface area contributed by atoms with Gasteiger partial charge in [-0.1, -0.05) is 159 Å². The molecular formula is C51H36O. The lowest BCUT2D eigenvalue weighted by Gasteiger charge is -2.23. The number of rotatable bonds is 3. The molecule has 0 radical (unpaired) electrons. The monoisotopic (exact) mass is 664 g/mol. The summed E-state index contributed by atoms with van der Waals surface area (Å²) < 4.78 is 6.72. The average molecular weight is 665 g/mol. The van der Waals surface area contributed by atoms with Gasteiger partial charge in [0.05, 0.1) is 0 Å². The molecule has 0 atom stereocenters. The van der Waals surface area contributed by atoms with Crippen LogP contribution in [-0.4, -0.2) is 0 Å². The van der Waals surface area contributed by atoms with E-state index in [0.717, 1.165) is 40.3 Å². The van der Waals surface area contributed by atoms with Crippen molar-refractivity contribution in [2.24, 2.45) is 0 Å². The number of furan rings is 1. The summed E-state index contributed by atoms with van der Waals surface area (Å²) in [6.07, 6.45) is 4.46. The molecule has 2 aliphatic carbocycles. The molecule has 0 aliphatic heterocycles. The normalized spacial score (nSPS) is 14.5. The highest BCUT2D eigenvalue weighted by atomic mass is 16.3. The molecule has 9 aromatic rings. The third-order valence-corrected chi connectivity index (χ3v) is 12.0. The van der Waals surface area contributed by atoms with Crippen LogP contribution < -0.4 is 10.4 Å². The molecule has 0 saturated heterocycles.